The van der Waals surface area contributed by atoms with Gasteiger partial charge in [-0.1, -0.05) is 19.1 Å². The maximum absolute atomic E-state index is 14.1. The standard InChI is InChI=1S/C18H14BrFN2O2S/c1-2-10-6-13(15(24)8-21-9-23)22-14(7-10)16-11-4-3-5-12(20)17(11)25-18(16)19/h3-7,9H,2,8H2,1H3,(H,21,23). The van der Waals surface area contributed by atoms with Gasteiger partial charge in [-0.3, -0.25) is 9.59 Å². The number of Topliss-reactive ketones (excluding diaryl/α,β-unsaturated/α-hetero) is 1. The molecule has 0 aliphatic rings. The first-order valence-corrected chi connectivity index (χ1v) is 9.24. The number of hydrogen-bond donors (Lipinski definition) is 1. The lowest BCUT2D eigenvalue weighted by Crippen LogP contribution is -2.22. The average molecular weight is 421 g/mol. The van der Waals surface area contributed by atoms with E-state index in [9.17, 15) is 14.0 Å². The normalized spacial score (nSPS) is 10.8. The lowest BCUT2D eigenvalue weighted by atomic mass is 10.0. The number of aromatic nitrogens is 1. The van der Waals surface area contributed by atoms with Gasteiger partial charge in [0, 0.05) is 10.9 Å². The molecule has 0 fully saturated rings. The summed E-state index contributed by atoms with van der Waals surface area (Å²) in [6.45, 7) is 1.88. The summed E-state index contributed by atoms with van der Waals surface area (Å²) in [7, 11) is 0. The number of pyridine rings is 1. The molecule has 7 heteroatoms. The molecular weight excluding hydrogens is 407 g/mol. The monoisotopic (exact) mass is 420 g/mol. The van der Waals surface area contributed by atoms with Crippen LogP contribution in [0, 0.1) is 5.82 Å². The van der Waals surface area contributed by atoms with Crippen molar-refractivity contribution in [2.24, 2.45) is 0 Å². The number of carbonyl (C=O) groups excluding carboxylic acids is 2. The first-order chi connectivity index (χ1) is 12.0. The van der Waals surface area contributed by atoms with Crippen LogP contribution in [0.5, 0.6) is 0 Å². The molecule has 2 heterocycles. The zero-order valence-electron chi connectivity index (χ0n) is 13.3. The van der Waals surface area contributed by atoms with Crippen LogP contribution in [0.25, 0.3) is 21.3 Å². The number of hydrogen-bond acceptors (Lipinski definition) is 4. The first-order valence-electron chi connectivity index (χ1n) is 7.63. The Labute approximate surface area is 156 Å². The van der Waals surface area contributed by atoms with Gasteiger partial charge in [0.2, 0.25) is 6.41 Å². The van der Waals surface area contributed by atoms with Gasteiger partial charge in [-0.2, -0.15) is 0 Å². The lowest BCUT2D eigenvalue weighted by molar-refractivity contribution is -0.109. The smallest absolute Gasteiger partial charge is 0.207 e. The van der Waals surface area contributed by atoms with Crippen molar-refractivity contribution < 1.29 is 14.0 Å². The lowest BCUT2D eigenvalue weighted by Gasteiger charge is -2.08. The number of halogens is 2. The highest BCUT2D eigenvalue weighted by atomic mass is 79.9. The number of nitrogens with zero attached hydrogens (tertiary/aromatic N) is 1. The van der Waals surface area contributed by atoms with E-state index in [0.29, 0.717) is 16.8 Å². The van der Waals surface area contributed by atoms with Crippen molar-refractivity contribution in [1.29, 1.82) is 0 Å². The van der Waals surface area contributed by atoms with Crippen LogP contribution in [0.3, 0.4) is 0 Å². The SMILES string of the molecule is CCc1cc(C(=O)CNC=O)nc(-c2c(Br)sc3c(F)cccc23)c1. The van der Waals surface area contributed by atoms with Gasteiger partial charge < -0.3 is 5.32 Å². The van der Waals surface area contributed by atoms with Crippen LogP contribution in [-0.2, 0) is 11.2 Å². The fraction of sp³-hybridized carbons (Fsp3) is 0.167. The summed E-state index contributed by atoms with van der Waals surface area (Å²) in [5.41, 5.74) is 2.61. The molecule has 0 aliphatic heterocycles. The number of benzene rings is 1. The zero-order chi connectivity index (χ0) is 18.0. The maximum atomic E-state index is 14.1. The van der Waals surface area contributed by atoms with E-state index in [-0.39, 0.29) is 23.8 Å². The molecule has 128 valence electrons. The van der Waals surface area contributed by atoms with Crippen LogP contribution in [0.2, 0.25) is 0 Å². The molecule has 0 saturated carbocycles. The molecule has 0 radical (unpaired) electrons. The third kappa shape index (κ3) is 3.48. The van der Waals surface area contributed by atoms with Gasteiger partial charge in [-0.05, 0) is 46.1 Å². The number of rotatable bonds is 6. The molecule has 1 aromatic carbocycles. The van der Waals surface area contributed by atoms with Crippen LogP contribution >= 0.6 is 27.3 Å². The van der Waals surface area contributed by atoms with E-state index in [4.69, 9.17) is 0 Å². The van der Waals surface area contributed by atoms with E-state index in [1.807, 2.05) is 19.1 Å². The summed E-state index contributed by atoms with van der Waals surface area (Å²) in [5, 5.41) is 3.11. The Bertz CT molecular complexity index is 971. The summed E-state index contributed by atoms with van der Waals surface area (Å²) in [6.07, 6.45) is 1.21. The number of thiophene rings is 1. The number of carbonyl (C=O) groups is 2. The van der Waals surface area contributed by atoms with Crippen molar-refractivity contribution in [1.82, 2.24) is 10.3 Å². The topological polar surface area (TPSA) is 59.1 Å². The maximum Gasteiger partial charge on any atom is 0.207 e. The quantitative estimate of drug-likeness (QED) is 0.476. The Morgan fingerprint density at radius 3 is 2.92 bits per heavy atom. The van der Waals surface area contributed by atoms with Gasteiger partial charge in [0.25, 0.3) is 0 Å². The fourth-order valence-electron chi connectivity index (χ4n) is 2.58. The molecule has 3 aromatic rings. The Morgan fingerprint density at radius 1 is 1.40 bits per heavy atom. The van der Waals surface area contributed by atoms with E-state index >= 15 is 0 Å². The largest absolute Gasteiger partial charge is 0.351 e. The summed E-state index contributed by atoms with van der Waals surface area (Å²) in [5.74, 6) is -0.557. The average Bonchev–Trinajstić information content (AvgIpc) is 2.96. The molecule has 0 unspecified atom stereocenters. The van der Waals surface area contributed by atoms with E-state index in [2.05, 4.69) is 26.2 Å². The molecular formula is C18H14BrFN2O2S. The molecule has 3 rings (SSSR count). The third-order valence-electron chi connectivity index (χ3n) is 3.81. The molecule has 2 aromatic heterocycles. The van der Waals surface area contributed by atoms with E-state index < -0.39 is 0 Å². The second-order valence-electron chi connectivity index (χ2n) is 5.39. The Hall–Kier alpha value is -2.12. The molecule has 0 spiro atoms. The molecule has 0 atom stereocenters. The summed E-state index contributed by atoms with van der Waals surface area (Å²) < 4.78 is 15.4. The Balaban J connectivity index is 2.17. The van der Waals surface area contributed by atoms with Crippen molar-refractivity contribution in [3.05, 3.63) is 51.2 Å². The molecule has 0 bridgehead atoms. The minimum atomic E-state index is -0.285. The minimum absolute atomic E-state index is 0.108. The zero-order valence-corrected chi connectivity index (χ0v) is 15.7. The predicted octanol–water partition coefficient (Wildman–Crippen LogP) is 4.36. The molecule has 1 N–H and O–H groups in total. The van der Waals surface area contributed by atoms with Gasteiger partial charge in [0.05, 0.1) is 20.7 Å². The Morgan fingerprint density at radius 2 is 2.20 bits per heavy atom. The molecule has 4 nitrogen and oxygen atoms in total. The number of ketones is 1. The number of aryl methyl sites for hydroxylation is 1. The van der Waals surface area contributed by atoms with Crippen LogP contribution in [0.15, 0.2) is 34.1 Å². The van der Waals surface area contributed by atoms with E-state index in [1.54, 1.807) is 12.1 Å². The van der Waals surface area contributed by atoms with Gasteiger partial charge in [0.15, 0.2) is 5.78 Å². The Kier molecular flexibility index (Phi) is 5.24. The van der Waals surface area contributed by atoms with Gasteiger partial charge in [-0.25, -0.2) is 9.37 Å². The first kappa shape index (κ1) is 17.7. The molecule has 1 amide bonds. The third-order valence-corrected chi connectivity index (χ3v) is 5.69. The van der Waals surface area contributed by atoms with Crippen molar-refractivity contribution in [3.63, 3.8) is 0 Å². The van der Waals surface area contributed by atoms with Crippen LogP contribution in [0.1, 0.15) is 23.0 Å². The van der Waals surface area contributed by atoms with Crippen LogP contribution < -0.4 is 5.32 Å². The minimum Gasteiger partial charge on any atom is -0.351 e. The van der Waals surface area contributed by atoms with Crippen molar-refractivity contribution in [2.75, 3.05) is 6.54 Å². The summed E-state index contributed by atoms with van der Waals surface area (Å²) in [4.78, 5) is 27.1. The van der Waals surface area contributed by atoms with Crippen LogP contribution in [-0.4, -0.2) is 23.7 Å². The highest BCUT2D eigenvalue weighted by Gasteiger charge is 2.18. The second-order valence-corrected chi connectivity index (χ2v) is 7.73. The highest BCUT2D eigenvalue weighted by Crippen LogP contribution is 2.42. The number of fused-ring (bicyclic) bond motifs is 1. The molecule has 0 saturated heterocycles. The van der Waals surface area contributed by atoms with Gasteiger partial charge >= 0.3 is 0 Å². The second kappa shape index (κ2) is 7.41. The van der Waals surface area contributed by atoms with Crippen molar-refractivity contribution in [2.45, 2.75) is 13.3 Å². The predicted molar refractivity (Wildman–Crippen MR) is 100 cm³/mol. The van der Waals surface area contributed by atoms with Gasteiger partial charge in [0.1, 0.15) is 11.5 Å². The number of nitrogens with one attached hydrogen (secondary N) is 1. The van der Waals surface area contributed by atoms with Crippen molar-refractivity contribution in [3.8, 4) is 11.3 Å². The number of amides is 1. The van der Waals surface area contributed by atoms with Crippen molar-refractivity contribution >= 4 is 49.5 Å². The van der Waals surface area contributed by atoms with Crippen LogP contribution in [0.4, 0.5) is 4.39 Å². The van der Waals surface area contributed by atoms with Gasteiger partial charge in [-0.15, -0.1) is 11.3 Å². The summed E-state index contributed by atoms with van der Waals surface area (Å²) in [6, 6.07) is 8.54. The molecule has 25 heavy (non-hydrogen) atoms. The fourth-order valence-corrected chi connectivity index (χ4v) is 4.43. The van der Waals surface area contributed by atoms with E-state index in [0.717, 1.165) is 26.7 Å². The highest BCUT2D eigenvalue weighted by molar-refractivity contribution is 9.11. The van der Waals surface area contributed by atoms with E-state index in [1.165, 1.54) is 17.4 Å². The summed E-state index contributed by atoms with van der Waals surface area (Å²) >= 11 is 4.80. The molecule has 0 aliphatic carbocycles.